The number of hydrogen-bond donors (Lipinski definition) is 2. The highest BCUT2D eigenvalue weighted by molar-refractivity contribution is 5.34. The molecule has 2 N–H and O–H groups in total. The summed E-state index contributed by atoms with van der Waals surface area (Å²) >= 11 is 0. The van der Waals surface area contributed by atoms with E-state index in [0.29, 0.717) is 11.7 Å². The van der Waals surface area contributed by atoms with E-state index in [1.807, 2.05) is 24.6 Å². The van der Waals surface area contributed by atoms with E-state index in [9.17, 15) is 0 Å². The van der Waals surface area contributed by atoms with Gasteiger partial charge in [-0.15, -0.1) is 0 Å². The van der Waals surface area contributed by atoms with E-state index in [2.05, 4.69) is 23.5 Å². The predicted octanol–water partition coefficient (Wildman–Crippen LogP) is 1.23. The summed E-state index contributed by atoms with van der Waals surface area (Å²) < 4.78 is 1.91. The summed E-state index contributed by atoms with van der Waals surface area (Å²) in [6.45, 7) is 3.00. The zero-order valence-corrected chi connectivity index (χ0v) is 10.8. The van der Waals surface area contributed by atoms with Crippen LogP contribution in [0.3, 0.4) is 0 Å². The van der Waals surface area contributed by atoms with E-state index >= 15 is 0 Å². The number of rotatable bonds is 4. The smallest absolute Gasteiger partial charge is 0.120 e. The van der Waals surface area contributed by atoms with Gasteiger partial charge in [-0.2, -0.15) is 5.26 Å². The van der Waals surface area contributed by atoms with E-state index in [1.165, 1.54) is 0 Å². The van der Waals surface area contributed by atoms with Crippen LogP contribution in [0, 0.1) is 24.2 Å². The lowest BCUT2D eigenvalue weighted by atomic mass is 10.1. The number of aliphatic hydroxyl groups excluding tert-OH is 1. The van der Waals surface area contributed by atoms with Crippen LogP contribution in [0.25, 0.3) is 0 Å². The van der Waals surface area contributed by atoms with Gasteiger partial charge in [0.1, 0.15) is 11.8 Å². The van der Waals surface area contributed by atoms with Gasteiger partial charge in [-0.1, -0.05) is 12.2 Å². The summed E-state index contributed by atoms with van der Waals surface area (Å²) in [6, 6.07) is 4.45. The average molecular weight is 245 g/mol. The van der Waals surface area contributed by atoms with Gasteiger partial charge in [0.05, 0.1) is 0 Å². The van der Waals surface area contributed by atoms with Gasteiger partial charge in [-0.05, 0) is 25.0 Å². The Morgan fingerprint density at radius 1 is 1.56 bits per heavy atom. The summed E-state index contributed by atoms with van der Waals surface area (Å²) in [5, 5.41) is 21.5. The maximum absolute atomic E-state index is 9.07. The minimum Gasteiger partial charge on any atom is -0.396 e. The van der Waals surface area contributed by atoms with Crippen molar-refractivity contribution >= 4 is 0 Å². The Bertz CT molecular complexity index is 496. The van der Waals surface area contributed by atoms with Gasteiger partial charge in [-0.25, -0.2) is 0 Å². The Kier molecular flexibility index (Phi) is 3.85. The summed E-state index contributed by atoms with van der Waals surface area (Å²) in [5.74, 6) is 0.286. The van der Waals surface area contributed by atoms with Crippen LogP contribution >= 0.6 is 0 Å². The number of aliphatic hydroxyl groups is 1. The molecule has 4 heteroatoms. The second kappa shape index (κ2) is 5.38. The van der Waals surface area contributed by atoms with Gasteiger partial charge in [0.2, 0.25) is 0 Å². The molecule has 0 unspecified atom stereocenters. The molecular formula is C14H19N3O. The zero-order valence-electron chi connectivity index (χ0n) is 10.8. The van der Waals surface area contributed by atoms with Crippen LogP contribution in [-0.2, 0) is 13.6 Å². The van der Waals surface area contributed by atoms with Gasteiger partial charge in [-0.3, -0.25) is 0 Å². The van der Waals surface area contributed by atoms with Crippen LogP contribution in [0.5, 0.6) is 0 Å². The number of nitrogens with zero attached hydrogens (tertiary/aromatic N) is 2. The van der Waals surface area contributed by atoms with Crippen molar-refractivity contribution in [2.75, 3.05) is 6.61 Å². The minimum absolute atomic E-state index is 0.220. The number of aromatic nitrogens is 1. The lowest BCUT2D eigenvalue weighted by Crippen LogP contribution is -2.26. The Morgan fingerprint density at radius 2 is 2.33 bits per heavy atom. The summed E-state index contributed by atoms with van der Waals surface area (Å²) in [7, 11) is 1.91. The monoisotopic (exact) mass is 245 g/mol. The molecule has 0 spiro atoms. The standard InChI is InChI=1S/C14H19N3O/c1-10-12(6-14(7-15)17(10)2)8-16-13-4-3-11(5-13)9-18/h3-4,6,11,13,16,18H,5,8-9H2,1-2H3/t11-,13+/m0/s1. The second-order valence-corrected chi connectivity index (χ2v) is 4.86. The van der Waals surface area contributed by atoms with Crippen molar-refractivity contribution in [2.45, 2.75) is 25.9 Å². The Balaban J connectivity index is 1.96. The first-order chi connectivity index (χ1) is 8.65. The van der Waals surface area contributed by atoms with E-state index in [0.717, 1.165) is 24.2 Å². The molecule has 0 bridgehead atoms. The average Bonchev–Trinajstić information content (AvgIpc) is 2.95. The van der Waals surface area contributed by atoms with Crippen molar-refractivity contribution in [3.8, 4) is 6.07 Å². The fourth-order valence-electron chi connectivity index (χ4n) is 2.35. The second-order valence-electron chi connectivity index (χ2n) is 4.86. The number of hydrogen-bond acceptors (Lipinski definition) is 3. The van der Waals surface area contributed by atoms with Crippen molar-refractivity contribution in [3.05, 3.63) is 35.2 Å². The van der Waals surface area contributed by atoms with Crippen molar-refractivity contribution < 1.29 is 5.11 Å². The first-order valence-electron chi connectivity index (χ1n) is 6.23. The van der Waals surface area contributed by atoms with Gasteiger partial charge in [0, 0.05) is 37.9 Å². The molecule has 1 aliphatic rings. The zero-order chi connectivity index (χ0) is 13.1. The normalized spacial score (nSPS) is 22.3. The predicted molar refractivity (Wildman–Crippen MR) is 69.8 cm³/mol. The number of nitriles is 1. The molecule has 1 aromatic heterocycles. The van der Waals surface area contributed by atoms with Crippen LogP contribution in [0.4, 0.5) is 0 Å². The Hall–Kier alpha value is -1.57. The molecule has 0 fully saturated rings. The fraction of sp³-hybridized carbons (Fsp3) is 0.500. The molecule has 0 aliphatic heterocycles. The van der Waals surface area contributed by atoms with Gasteiger partial charge in [0.15, 0.2) is 0 Å². The van der Waals surface area contributed by atoms with E-state index in [-0.39, 0.29) is 12.5 Å². The van der Waals surface area contributed by atoms with Gasteiger partial charge in [0.25, 0.3) is 0 Å². The van der Waals surface area contributed by atoms with Crippen molar-refractivity contribution in [2.24, 2.45) is 13.0 Å². The highest BCUT2D eigenvalue weighted by Crippen LogP contribution is 2.18. The topological polar surface area (TPSA) is 61.0 Å². The summed E-state index contributed by atoms with van der Waals surface area (Å²) in [6.07, 6.45) is 5.13. The molecule has 1 aromatic rings. The molecule has 0 saturated carbocycles. The van der Waals surface area contributed by atoms with E-state index < -0.39 is 0 Å². The lowest BCUT2D eigenvalue weighted by Gasteiger charge is -2.12. The molecule has 0 aromatic carbocycles. The third-order valence-corrected chi connectivity index (χ3v) is 3.72. The minimum atomic E-state index is 0.220. The van der Waals surface area contributed by atoms with Crippen LogP contribution < -0.4 is 5.32 Å². The molecule has 18 heavy (non-hydrogen) atoms. The molecule has 1 aliphatic carbocycles. The molecular weight excluding hydrogens is 226 g/mol. The largest absolute Gasteiger partial charge is 0.396 e. The van der Waals surface area contributed by atoms with Crippen LogP contribution in [-0.4, -0.2) is 22.3 Å². The molecule has 0 amide bonds. The molecule has 96 valence electrons. The maximum atomic E-state index is 9.07. The summed E-state index contributed by atoms with van der Waals surface area (Å²) in [4.78, 5) is 0. The number of nitrogens with one attached hydrogen (secondary N) is 1. The van der Waals surface area contributed by atoms with Crippen LogP contribution in [0.2, 0.25) is 0 Å². The van der Waals surface area contributed by atoms with E-state index in [4.69, 9.17) is 10.4 Å². The molecule has 2 atom stereocenters. The maximum Gasteiger partial charge on any atom is 0.120 e. The Labute approximate surface area is 108 Å². The molecule has 4 nitrogen and oxygen atoms in total. The first-order valence-corrected chi connectivity index (χ1v) is 6.23. The fourth-order valence-corrected chi connectivity index (χ4v) is 2.35. The Morgan fingerprint density at radius 3 is 2.89 bits per heavy atom. The SMILES string of the molecule is Cc1c(CN[C@@H]2C=C[C@H](CO)C2)cc(C#N)n1C. The molecule has 0 radical (unpaired) electrons. The first kappa shape index (κ1) is 12.9. The van der Waals surface area contributed by atoms with Crippen LogP contribution in [0.15, 0.2) is 18.2 Å². The highest BCUT2D eigenvalue weighted by atomic mass is 16.3. The highest BCUT2D eigenvalue weighted by Gasteiger charge is 2.18. The molecule has 0 saturated heterocycles. The molecule has 2 rings (SSSR count). The molecule has 1 heterocycles. The van der Waals surface area contributed by atoms with Crippen molar-refractivity contribution in [1.82, 2.24) is 9.88 Å². The van der Waals surface area contributed by atoms with Gasteiger partial charge >= 0.3 is 0 Å². The van der Waals surface area contributed by atoms with Gasteiger partial charge < -0.3 is 15.0 Å². The van der Waals surface area contributed by atoms with Crippen LogP contribution in [0.1, 0.15) is 23.4 Å². The lowest BCUT2D eigenvalue weighted by molar-refractivity contribution is 0.246. The third-order valence-electron chi connectivity index (χ3n) is 3.72. The summed E-state index contributed by atoms with van der Waals surface area (Å²) in [5.41, 5.74) is 2.98. The van der Waals surface area contributed by atoms with Crippen molar-refractivity contribution in [3.63, 3.8) is 0 Å². The van der Waals surface area contributed by atoms with Crippen molar-refractivity contribution in [1.29, 1.82) is 5.26 Å². The van der Waals surface area contributed by atoms with E-state index in [1.54, 1.807) is 0 Å². The third kappa shape index (κ3) is 2.47. The quantitative estimate of drug-likeness (QED) is 0.784.